The number of halogens is 2. The van der Waals surface area contributed by atoms with Gasteiger partial charge in [0, 0.05) is 41.6 Å². The lowest BCUT2D eigenvalue weighted by Crippen LogP contribution is -2.36. The number of pyridine rings is 1. The second kappa shape index (κ2) is 11.3. The molecular weight excluding hydrogens is 517 g/mol. The lowest BCUT2D eigenvalue weighted by atomic mass is 10.1. The Labute approximate surface area is 221 Å². The number of ether oxygens (including phenoxy) is 1. The minimum Gasteiger partial charge on any atom is -0.406 e. The highest BCUT2D eigenvalue weighted by atomic mass is 35.5. The van der Waals surface area contributed by atoms with Gasteiger partial charge in [0.05, 0.1) is 30.4 Å². The number of hydrogen-bond donors (Lipinski definition) is 3. The van der Waals surface area contributed by atoms with Gasteiger partial charge in [-0.1, -0.05) is 17.7 Å². The first-order valence-corrected chi connectivity index (χ1v) is 12.3. The molecular formula is C26H25ClFN5O5. The van der Waals surface area contributed by atoms with Crippen molar-refractivity contribution in [1.29, 1.82) is 0 Å². The number of rotatable bonds is 8. The van der Waals surface area contributed by atoms with E-state index in [0.717, 1.165) is 29.2 Å². The van der Waals surface area contributed by atoms with Gasteiger partial charge in [-0.25, -0.2) is 9.37 Å². The van der Waals surface area contributed by atoms with E-state index in [-0.39, 0.29) is 27.7 Å². The fraction of sp³-hybridized carbons (Fsp3) is 0.269. The normalized spacial score (nSPS) is 14.5. The molecule has 38 heavy (non-hydrogen) atoms. The fourth-order valence-corrected chi connectivity index (χ4v) is 4.37. The summed E-state index contributed by atoms with van der Waals surface area (Å²) in [6.45, 7) is 2.04. The van der Waals surface area contributed by atoms with Crippen molar-refractivity contribution in [3.05, 3.63) is 75.9 Å². The van der Waals surface area contributed by atoms with Gasteiger partial charge in [-0.15, -0.1) is 4.73 Å². The van der Waals surface area contributed by atoms with Crippen LogP contribution in [0.2, 0.25) is 5.02 Å². The smallest absolute Gasteiger partial charge is 0.293 e. The Morgan fingerprint density at radius 2 is 1.95 bits per heavy atom. The van der Waals surface area contributed by atoms with Gasteiger partial charge in [0.15, 0.2) is 5.65 Å². The highest BCUT2D eigenvalue weighted by Crippen LogP contribution is 2.30. The third kappa shape index (κ3) is 5.41. The molecule has 12 heteroatoms. The number of fused-ring (bicyclic) bond motifs is 1. The molecule has 0 unspecified atom stereocenters. The number of aliphatic hydroxyl groups excluding tert-OH is 2. The summed E-state index contributed by atoms with van der Waals surface area (Å²) in [7, 11) is 0. The second-order valence-corrected chi connectivity index (χ2v) is 9.04. The molecule has 1 saturated heterocycles. The van der Waals surface area contributed by atoms with Crippen molar-refractivity contribution >= 4 is 40.0 Å². The summed E-state index contributed by atoms with van der Waals surface area (Å²) in [4.78, 5) is 30.0. The number of anilines is 3. The summed E-state index contributed by atoms with van der Waals surface area (Å²) in [6.07, 6.45) is 0.217. The molecule has 0 bridgehead atoms. The Bertz CT molecular complexity index is 1470. The molecule has 5 rings (SSSR count). The summed E-state index contributed by atoms with van der Waals surface area (Å²) in [6, 6.07) is 13.3. The Morgan fingerprint density at radius 1 is 1.18 bits per heavy atom. The predicted octanol–water partition coefficient (Wildman–Crippen LogP) is 2.61. The fourth-order valence-electron chi connectivity index (χ4n) is 4.10. The second-order valence-electron chi connectivity index (χ2n) is 8.63. The van der Waals surface area contributed by atoms with E-state index in [4.69, 9.17) is 21.2 Å². The maximum atomic E-state index is 14.7. The minimum atomic E-state index is -1.25. The van der Waals surface area contributed by atoms with Crippen molar-refractivity contribution in [1.82, 2.24) is 14.7 Å². The molecule has 198 valence electrons. The van der Waals surface area contributed by atoms with Crippen LogP contribution in [-0.4, -0.2) is 70.5 Å². The molecule has 10 nitrogen and oxygen atoms in total. The summed E-state index contributed by atoms with van der Waals surface area (Å²) < 4.78 is 20.9. The quantitative estimate of drug-likeness (QED) is 0.309. The van der Waals surface area contributed by atoms with E-state index in [9.17, 15) is 19.4 Å². The molecule has 2 aromatic heterocycles. The van der Waals surface area contributed by atoms with Gasteiger partial charge in [0.1, 0.15) is 18.5 Å². The van der Waals surface area contributed by atoms with Crippen LogP contribution in [-0.2, 0) is 4.74 Å². The predicted molar refractivity (Wildman–Crippen MR) is 141 cm³/mol. The van der Waals surface area contributed by atoms with Gasteiger partial charge < -0.3 is 30.0 Å². The number of morpholine rings is 1. The lowest BCUT2D eigenvalue weighted by Gasteiger charge is -2.28. The van der Waals surface area contributed by atoms with Crippen molar-refractivity contribution in [2.75, 3.05) is 49.7 Å². The molecule has 3 N–H and O–H groups in total. The Balaban J connectivity index is 1.51. The largest absolute Gasteiger partial charge is 0.406 e. The van der Waals surface area contributed by atoms with E-state index in [1.165, 1.54) is 30.5 Å². The van der Waals surface area contributed by atoms with Gasteiger partial charge in [-0.05, 0) is 42.5 Å². The molecule has 0 aliphatic carbocycles. The Kier molecular flexibility index (Phi) is 7.70. The third-order valence-electron chi connectivity index (χ3n) is 6.04. The third-order valence-corrected chi connectivity index (χ3v) is 6.36. The van der Waals surface area contributed by atoms with E-state index in [1.807, 2.05) is 24.3 Å². The summed E-state index contributed by atoms with van der Waals surface area (Å²) in [5.41, 5.74) is 0.975. The van der Waals surface area contributed by atoms with Crippen LogP contribution in [0.15, 0.2) is 59.5 Å². The highest BCUT2D eigenvalue weighted by Gasteiger charge is 2.20. The maximum Gasteiger partial charge on any atom is 0.293 e. The van der Waals surface area contributed by atoms with Crippen LogP contribution < -0.4 is 20.6 Å². The van der Waals surface area contributed by atoms with Gasteiger partial charge in [-0.3, -0.25) is 4.79 Å². The molecule has 0 saturated carbocycles. The molecule has 0 amide bonds. The van der Waals surface area contributed by atoms with Crippen molar-refractivity contribution < 1.29 is 24.2 Å². The van der Waals surface area contributed by atoms with E-state index in [0.29, 0.717) is 18.6 Å². The van der Waals surface area contributed by atoms with Crippen LogP contribution in [0.25, 0.3) is 22.2 Å². The average molecular weight is 542 g/mol. The topological polar surface area (TPSA) is 122 Å². The molecule has 4 aromatic rings. The SMILES string of the molecule is O=c1c(-c2c(F)cccc2Cl)cc2cnc(Nc3ccc(N4CCOCC4)cc3)nc2n1OC[C@H](O)CO. The van der Waals surface area contributed by atoms with Crippen LogP contribution in [0.3, 0.4) is 0 Å². The lowest BCUT2D eigenvalue weighted by molar-refractivity contribution is 0.0000137. The van der Waals surface area contributed by atoms with Crippen molar-refractivity contribution in [3.8, 4) is 11.1 Å². The van der Waals surface area contributed by atoms with Crippen LogP contribution in [0.1, 0.15) is 0 Å². The summed E-state index contributed by atoms with van der Waals surface area (Å²) in [5.74, 6) is -0.497. The van der Waals surface area contributed by atoms with Crippen LogP contribution in [0.5, 0.6) is 0 Å². The monoisotopic (exact) mass is 541 g/mol. The number of nitrogens with one attached hydrogen (secondary N) is 1. The molecule has 3 heterocycles. The van der Waals surface area contributed by atoms with E-state index >= 15 is 0 Å². The summed E-state index contributed by atoms with van der Waals surface area (Å²) >= 11 is 6.21. The molecule has 1 aliphatic rings. The van der Waals surface area contributed by atoms with Gasteiger partial charge in [0.25, 0.3) is 5.56 Å². The molecule has 1 fully saturated rings. The number of hydrogen-bond acceptors (Lipinski definition) is 9. The Morgan fingerprint density at radius 3 is 2.66 bits per heavy atom. The molecule has 1 atom stereocenters. The zero-order valence-corrected chi connectivity index (χ0v) is 20.9. The first-order valence-electron chi connectivity index (χ1n) is 11.9. The van der Waals surface area contributed by atoms with Crippen molar-refractivity contribution in [3.63, 3.8) is 0 Å². The maximum absolute atomic E-state index is 14.7. The zero-order valence-electron chi connectivity index (χ0n) is 20.2. The number of aliphatic hydroxyl groups is 2. The minimum absolute atomic E-state index is 0.0446. The molecule has 0 spiro atoms. The van der Waals surface area contributed by atoms with Gasteiger partial charge in [0.2, 0.25) is 5.95 Å². The van der Waals surface area contributed by atoms with E-state index < -0.39 is 30.7 Å². The first-order chi connectivity index (χ1) is 18.4. The number of benzene rings is 2. The number of aromatic nitrogens is 3. The van der Waals surface area contributed by atoms with Gasteiger partial charge in [-0.2, -0.15) is 4.98 Å². The standard InChI is InChI=1S/C26H25ClFN5O5/c27-21-2-1-3-22(28)23(21)20-12-16-13-29-26(31-24(16)33(25(20)36)38-15-19(35)14-34)30-17-4-6-18(7-5-17)32-8-10-37-11-9-32/h1-7,12-13,19,34-35H,8-11,14-15H2,(H,29,30,31)/t19-/m1/s1. The first kappa shape index (κ1) is 25.9. The molecule has 2 aromatic carbocycles. The zero-order chi connectivity index (χ0) is 26.6. The van der Waals surface area contributed by atoms with Crippen LogP contribution in [0, 0.1) is 5.82 Å². The summed E-state index contributed by atoms with van der Waals surface area (Å²) in [5, 5.41) is 22.5. The van der Waals surface area contributed by atoms with Crippen LogP contribution in [0.4, 0.5) is 21.7 Å². The highest BCUT2D eigenvalue weighted by molar-refractivity contribution is 6.33. The molecule has 1 aliphatic heterocycles. The van der Waals surface area contributed by atoms with Crippen molar-refractivity contribution in [2.24, 2.45) is 0 Å². The molecule has 0 radical (unpaired) electrons. The Hall–Kier alpha value is -3.77. The van der Waals surface area contributed by atoms with E-state index in [1.54, 1.807) is 0 Å². The van der Waals surface area contributed by atoms with Crippen molar-refractivity contribution in [2.45, 2.75) is 6.10 Å². The average Bonchev–Trinajstić information content (AvgIpc) is 2.93. The van der Waals surface area contributed by atoms with Crippen LogP contribution >= 0.6 is 11.6 Å². The van der Waals surface area contributed by atoms with E-state index in [2.05, 4.69) is 20.2 Å². The van der Waals surface area contributed by atoms with Gasteiger partial charge >= 0.3 is 0 Å². The number of nitrogens with zero attached hydrogens (tertiary/aromatic N) is 4.